The fourth-order valence-corrected chi connectivity index (χ4v) is 3.95. The number of benzene rings is 1. The molecule has 0 unspecified atom stereocenters. The van der Waals surface area contributed by atoms with Gasteiger partial charge in [0.25, 0.3) is 0 Å². The summed E-state index contributed by atoms with van der Waals surface area (Å²) in [6.45, 7) is 9.56. The zero-order valence-electron chi connectivity index (χ0n) is 14.3. The summed E-state index contributed by atoms with van der Waals surface area (Å²) in [5, 5.41) is 14.8. The van der Waals surface area contributed by atoms with Gasteiger partial charge in [-0.05, 0) is 47.6 Å². The van der Waals surface area contributed by atoms with Crippen LogP contribution in [0.25, 0.3) is 0 Å². The smallest absolute Gasteiger partial charge is 0.414 e. The normalized spacial score (nSPS) is 19.3. The Hall–Kier alpha value is -2.04. The third-order valence-electron chi connectivity index (χ3n) is 4.17. The Kier molecular flexibility index (Phi) is 5.81. The predicted molar refractivity (Wildman–Crippen MR) is 90.3 cm³/mol. The lowest BCUT2D eigenvalue weighted by molar-refractivity contribution is -0.159. The number of rotatable bonds is 1. The number of hydrogen-bond acceptors (Lipinski definition) is 3. The van der Waals surface area contributed by atoms with Gasteiger partial charge >= 0.3 is 11.9 Å². The van der Waals surface area contributed by atoms with Crippen molar-refractivity contribution in [3.63, 3.8) is 0 Å². The fourth-order valence-electron chi connectivity index (χ4n) is 3.95. The number of para-hydroxylation sites is 1. The van der Waals surface area contributed by atoms with Crippen molar-refractivity contribution in [2.75, 3.05) is 5.73 Å². The maximum absolute atomic E-state index is 9.10. The zero-order valence-corrected chi connectivity index (χ0v) is 14.3. The first-order valence-electron chi connectivity index (χ1n) is 7.74. The Morgan fingerprint density at radius 1 is 1.00 bits per heavy atom. The quantitative estimate of drug-likeness (QED) is 0.540. The predicted octanol–water partition coefficient (Wildman–Crippen LogP) is 3.74. The second-order valence-corrected chi connectivity index (χ2v) is 7.85. The molecule has 0 amide bonds. The van der Waals surface area contributed by atoms with Gasteiger partial charge in [-0.25, -0.2) is 9.59 Å². The van der Waals surface area contributed by atoms with Crippen molar-refractivity contribution in [2.24, 2.45) is 10.8 Å². The van der Waals surface area contributed by atoms with Crippen molar-refractivity contribution in [1.82, 2.24) is 0 Å². The van der Waals surface area contributed by atoms with Gasteiger partial charge in [0.05, 0.1) is 0 Å². The first-order chi connectivity index (χ1) is 10.4. The molecule has 0 aromatic heterocycles. The summed E-state index contributed by atoms with van der Waals surface area (Å²) in [7, 11) is 0. The summed E-state index contributed by atoms with van der Waals surface area (Å²) < 4.78 is 0. The molecule has 1 aromatic carbocycles. The van der Waals surface area contributed by atoms with Crippen LogP contribution in [0.2, 0.25) is 0 Å². The molecule has 1 aromatic rings. The summed E-state index contributed by atoms with van der Waals surface area (Å²) in [6.07, 6.45) is 3.82. The maximum Gasteiger partial charge on any atom is 0.414 e. The molecule has 23 heavy (non-hydrogen) atoms. The minimum Gasteiger partial charge on any atom is -0.473 e. The van der Waals surface area contributed by atoms with Crippen molar-refractivity contribution >= 4 is 17.6 Å². The van der Waals surface area contributed by atoms with Crippen LogP contribution in [-0.2, 0) is 9.59 Å². The van der Waals surface area contributed by atoms with Crippen molar-refractivity contribution in [3.8, 4) is 0 Å². The number of anilines is 1. The molecular weight excluding hydrogens is 294 g/mol. The van der Waals surface area contributed by atoms with Crippen molar-refractivity contribution in [1.29, 1.82) is 0 Å². The minimum absolute atomic E-state index is 0.425. The minimum atomic E-state index is -1.82. The highest BCUT2D eigenvalue weighted by Crippen LogP contribution is 2.52. The van der Waals surface area contributed by atoms with E-state index in [1.54, 1.807) is 0 Å². The monoisotopic (exact) mass is 321 g/mol. The number of nitrogens with two attached hydrogens (primary N) is 1. The van der Waals surface area contributed by atoms with Crippen molar-refractivity contribution < 1.29 is 19.8 Å². The highest BCUT2D eigenvalue weighted by atomic mass is 16.4. The largest absolute Gasteiger partial charge is 0.473 e. The van der Waals surface area contributed by atoms with Crippen LogP contribution in [0.3, 0.4) is 0 Å². The lowest BCUT2D eigenvalue weighted by atomic mass is 9.60. The molecule has 128 valence electrons. The van der Waals surface area contributed by atoms with E-state index in [-0.39, 0.29) is 0 Å². The molecule has 5 heteroatoms. The average molecular weight is 321 g/mol. The van der Waals surface area contributed by atoms with Crippen molar-refractivity contribution in [2.45, 2.75) is 52.9 Å². The molecule has 1 aliphatic rings. The summed E-state index contributed by atoms with van der Waals surface area (Å²) >= 11 is 0. The number of aliphatic carboxylic acids is 2. The van der Waals surface area contributed by atoms with E-state index < -0.39 is 11.9 Å². The van der Waals surface area contributed by atoms with Crippen LogP contribution in [0.1, 0.15) is 58.4 Å². The topological polar surface area (TPSA) is 101 Å². The Bertz CT molecular complexity index is 550. The summed E-state index contributed by atoms with van der Waals surface area (Å²) in [4.78, 5) is 18.2. The standard InChI is InChI=1S/C16H25N.C2H2O4/c1-15(2)9-12(10-16(3,4)11-15)13-7-5-6-8-14(13)17;3-1(4)2(5)6/h5-8,12H,9-11,17H2,1-4H3;(H,3,4)(H,5,6). The van der Waals surface area contributed by atoms with Gasteiger partial charge in [0.2, 0.25) is 0 Å². The third-order valence-corrected chi connectivity index (χ3v) is 4.17. The van der Waals surface area contributed by atoms with Gasteiger partial charge < -0.3 is 15.9 Å². The molecule has 4 N–H and O–H groups in total. The van der Waals surface area contributed by atoms with Crippen LogP contribution >= 0.6 is 0 Å². The molecule has 1 fully saturated rings. The molecule has 0 bridgehead atoms. The zero-order chi connectivity index (χ0) is 17.8. The lowest BCUT2D eigenvalue weighted by Crippen LogP contribution is -2.33. The first-order valence-corrected chi connectivity index (χ1v) is 7.74. The van der Waals surface area contributed by atoms with Crippen LogP contribution in [0, 0.1) is 10.8 Å². The number of carbonyl (C=O) groups is 2. The van der Waals surface area contributed by atoms with Gasteiger partial charge in [-0.3, -0.25) is 0 Å². The molecule has 0 spiro atoms. The molecule has 5 nitrogen and oxygen atoms in total. The SMILES string of the molecule is CC1(C)CC(c2ccccc2N)CC(C)(C)C1.O=C(O)C(=O)O. The summed E-state index contributed by atoms with van der Waals surface area (Å²) in [5.41, 5.74) is 9.30. The summed E-state index contributed by atoms with van der Waals surface area (Å²) in [6, 6.07) is 8.37. The van der Waals surface area contributed by atoms with E-state index >= 15 is 0 Å². The highest BCUT2D eigenvalue weighted by Gasteiger charge is 2.39. The molecule has 0 aliphatic heterocycles. The molecule has 0 atom stereocenters. The molecule has 1 saturated carbocycles. The average Bonchev–Trinajstić information content (AvgIpc) is 2.36. The summed E-state index contributed by atoms with van der Waals surface area (Å²) in [5.74, 6) is -3.03. The van der Waals surface area contributed by atoms with E-state index in [2.05, 4.69) is 39.8 Å². The number of nitrogen functional groups attached to an aromatic ring is 1. The highest BCUT2D eigenvalue weighted by molar-refractivity contribution is 6.27. The molecule has 0 radical (unpaired) electrons. The van der Waals surface area contributed by atoms with Crippen LogP contribution in [0.5, 0.6) is 0 Å². The third kappa shape index (κ3) is 5.93. The van der Waals surface area contributed by atoms with E-state index in [4.69, 9.17) is 25.5 Å². The van der Waals surface area contributed by atoms with Gasteiger partial charge in [0, 0.05) is 5.69 Å². The van der Waals surface area contributed by atoms with E-state index in [1.807, 2.05) is 12.1 Å². The molecule has 2 rings (SSSR count). The maximum atomic E-state index is 9.10. The second-order valence-electron chi connectivity index (χ2n) is 7.85. The van der Waals surface area contributed by atoms with E-state index in [1.165, 1.54) is 24.8 Å². The number of hydrogen-bond donors (Lipinski definition) is 3. The number of carboxylic acid groups (broad SMARTS) is 2. The molecule has 0 heterocycles. The number of carboxylic acids is 2. The van der Waals surface area contributed by atoms with Gasteiger partial charge in [-0.1, -0.05) is 45.9 Å². The van der Waals surface area contributed by atoms with Gasteiger partial charge in [-0.15, -0.1) is 0 Å². The van der Waals surface area contributed by atoms with Gasteiger partial charge in [0.15, 0.2) is 0 Å². The Morgan fingerprint density at radius 2 is 1.43 bits per heavy atom. The lowest BCUT2D eigenvalue weighted by Gasteiger charge is -2.45. The molecular formula is C18H27NO4. The Morgan fingerprint density at radius 3 is 1.83 bits per heavy atom. The van der Waals surface area contributed by atoms with E-state index in [0.29, 0.717) is 16.7 Å². The fraction of sp³-hybridized carbons (Fsp3) is 0.556. The molecule has 0 saturated heterocycles. The van der Waals surface area contributed by atoms with Crippen LogP contribution in [0.4, 0.5) is 5.69 Å². The first kappa shape index (κ1) is 19.0. The van der Waals surface area contributed by atoms with E-state index in [9.17, 15) is 0 Å². The Balaban J connectivity index is 0.000000379. The second kappa shape index (κ2) is 7.02. The Labute approximate surface area is 137 Å². The molecule has 1 aliphatic carbocycles. The van der Waals surface area contributed by atoms with Crippen LogP contribution in [-0.4, -0.2) is 22.2 Å². The van der Waals surface area contributed by atoms with Gasteiger partial charge in [-0.2, -0.15) is 0 Å². The van der Waals surface area contributed by atoms with E-state index in [0.717, 1.165) is 5.69 Å². The van der Waals surface area contributed by atoms with Crippen molar-refractivity contribution in [3.05, 3.63) is 29.8 Å². The van der Waals surface area contributed by atoms with Gasteiger partial charge in [0.1, 0.15) is 0 Å². The van der Waals surface area contributed by atoms with Crippen LogP contribution < -0.4 is 5.73 Å². The van der Waals surface area contributed by atoms with Crippen LogP contribution in [0.15, 0.2) is 24.3 Å².